The number of benzene rings is 1. The maximum absolute atomic E-state index is 11.3. The number of hydrogen-bond donors (Lipinski definition) is 2. The zero-order valence-corrected chi connectivity index (χ0v) is 10.3. The first kappa shape index (κ1) is 13.0. The smallest absolute Gasteiger partial charge is 0.236 e. The van der Waals surface area contributed by atoms with Gasteiger partial charge < -0.3 is 11.1 Å². The maximum atomic E-state index is 11.3. The maximum Gasteiger partial charge on any atom is 0.236 e. The van der Waals surface area contributed by atoms with Gasteiger partial charge in [-0.05, 0) is 38.0 Å². The average molecular weight is 241 g/mol. The van der Waals surface area contributed by atoms with Crippen LogP contribution in [0.4, 0.5) is 0 Å². The molecule has 0 radical (unpaired) electrons. The molecular formula is C12H17ClN2O. The van der Waals surface area contributed by atoms with Crippen LogP contribution in [0.1, 0.15) is 19.4 Å². The minimum absolute atomic E-state index is 0.0691. The minimum Gasteiger partial charge on any atom is -0.352 e. The summed E-state index contributed by atoms with van der Waals surface area (Å²) in [5, 5.41) is 3.56. The summed E-state index contributed by atoms with van der Waals surface area (Å²) in [6.45, 7) is 3.62. The Labute approximate surface area is 101 Å². The summed E-state index contributed by atoms with van der Waals surface area (Å²) in [6, 6.07) is 7.20. The van der Waals surface area contributed by atoms with Gasteiger partial charge in [0.2, 0.25) is 5.91 Å². The van der Waals surface area contributed by atoms with E-state index in [0.717, 1.165) is 17.0 Å². The van der Waals surface area contributed by atoms with Crippen LogP contribution < -0.4 is 11.1 Å². The first-order valence-corrected chi connectivity index (χ1v) is 5.67. The Morgan fingerprint density at radius 1 is 1.38 bits per heavy atom. The van der Waals surface area contributed by atoms with Gasteiger partial charge in [-0.3, -0.25) is 4.79 Å². The number of hydrogen-bond acceptors (Lipinski definition) is 2. The second kappa shape index (κ2) is 5.87. The third-order valence-electron chi connectivity index (χ3n) is 2.26. The van der Waals surface area contributed by atoms with Crippen molar-refractivity contribution in [2.45, 2.75) is 32.4 Å². The van der Waals surface area contributed by atoms with Crippen LogP contribution in [0, 0.1) is 0 Å². The van der Waals surface area contributed by atoms with Gasteiger partial charge in [0.1, 0.15) is 0 Å². The molecule has 0 aliphatic rings. The molecule has 1 aromatic carbocycles. The summed E-state index contributed by atoms with van der Waals surface area (Å²) in [5.74, 6) is -0.124. The van der Waals surface area contributed by atoms with Crippen molar-refractivity contribution in [3.63, 3.8) is 0 Å². The van der Waals surface area contributed by atoms with Crippen LogP contribution in [0.15, 0.2) is 24.3 Å². The van der Waals surface area contributed by atoms with Crippen LogP contribution >= 0.6 is 11.6 Å². The zero-order valence-electron chi connectivity index (χ0n) is 9.53. The van der Waals surface area contributed by atoms with E-state index in [2.05, 4.69) is 5.32 Å². The number of nitrogens with two attached hydrogens (primary N) is 1. The SMILES string of the molecule is CC(Cc1ccc(Cl)cc1)NC(=O)C(C)N. The van der Waals surface area contributed by atoms with Crippen molar-refractivity contribution in [2.24, 2.45) is 5.73 Å². The first-order chi connectivity index (χ1) is 7.49. The molecule has 1 amide bonds. The number of halogens is 1. The minimum atomic E-state index is -0.465. The summed E-state index contributed by atoms with van der Waals surface area (Å²) in [5.41, 5.74) is 6.61. The zero-order chi connectivity index (χ0) is 12.1. The number of carbonyl (C=O) groups is 1. The van der Waals surface area contributed by atoms with E-state index in [-0.39, 0.29) is 11.9 Å². The summed E-state index contributed by atoms with van der Waals surface area (Å²) in [7, 11) is 0. The normalized spacial score (nSPS) is 14.2. The van der Waals surface area contributed by atoms with Crippen molar-refractivity contribution >= 4 is 17.5 Å². The molecule has 88 valence electrons. The van der Waals surface area contributed by atoms with Crippen molar-refractivity contribution in [1.82, 2.24) is 5.32 Å². The molecule has 0 spiro atoms. The lowest BCUT2D eigenvalue weighted by molar-refractivity contribution is -0.122. The second-order valence-electron chi connectivity index (χ2n) is 4.03. The summed E-state index contributed by atoms with van der Waals surface area (Å²) in [4.78, 5) is 11.3. The molecule has 1 rings (SSSR count). The number of amides is 1. The molecule has 4 heteroatoms. The van der Waals surface area contributed by atoms with Crippen LogP contribution in [0.5, 0.6) is 0 Å². The van der Waals surface area contributed by atoms with Crippen LogP contribution in [0.2, 0.25) is 5.02 Å². The van der Waals surface area contributed by atoms with Gasteiger partial charge in [-0.15, -0.1) is 0 Å². The van der Waals surface area contributed by atoms with Gasteiger partial charge in [-0.25, -0.2) is 0 Å². The molecular weight excluding hydrogens is 224 g/mol. The molecule has 3 nitrogen and oxygen atoms in total. The van der Waals surface area contributed by atoms with Crippen molar-refractivity contribution in [3.05, 3.63) is 34.9 Å². The van der Waals surface area contributed by atoms with Crippen LogP contribution in [-0.4, -0.2) is 18.0 Å². The van der Waals surface area contributed by atoms with Crippen LogP contribution in [-0.2, 0) is 11.2 Å². The molecule has 16 heavy (non-hydrogen) atoms. The van der Waals surface area contributed by atoms with Gasteiger partial charge in [0, 0.05) is 11.1 Å². The van der Waals surface area contributed by atoms with Crippen molar-refractivity contribution in [1.29, 1.82) is 0 Å². The van der Waals surface area contributed by atoms with E-state index in [1.165, 1.54) is 0 Å². The largest absolute Gasteiger partial charge is 0.352 e. The molecule has 0 saturated heterocycles. The Morgan fingerprint density at radius 3 is 2.44 bits per heavy atom. The Morgan fingerprint density at radius 2 is 1.94 bits per heavy atom. The van der Waals surface area contributed by atoms with Gasteiger partial charge in [-0.2, -0.15) is 0 Å². The van der Waals surface area contributed by atoms with Crippen molar-refractivity contribution < 1.29 is 4.79 Å². The number of nitrogens with one attached hydrogen (secondary N) is 1. The number of carbonyl (C=O) groups excluding carboxylic acids is 1. The van der Waals surface area contributed by atoms with E-state index in [0.29, 0.717) is 0 Å². The molecule has 0 heterocycles. The second-order valence-corrected chi connectivity index (χ2v) is 4.47. The van der Waals surface area contributed by atoms with Gasteiger partial charge in [0.05, 0.1) is 6.04 Å². The molecule has 2 atom stereocenters. The van der Waals surface area contributed by atoms with Crippen LogP contribution in [0.3, 0.4) is 0 Å². The lowest BCUT2D eigenvalue weighted by Crippen LogP contribution is -2.43. The van der Waals surface area contributed by atoms with Crippen molar-refractivity contribution in [2.75, 3.05) is 0 Å². The average Bonchev–Trinajstić information content (AvgIpc) is 2.21. The Hall–Kier alpha value is -1.06. The lowest BCUT2D eigenvalue weighted by atomic mass is 10.1. The molecule has 0 aliphatic carbocycles. The molecule has 0 saturated carbocycles. The van der Waals surface area contributed by atoms with E-state index in [4.69, 9.17) is 17.3 Å². The molecule has 0 aromatic heterocycles. The van der Waals surface area contributed by atoms with E-state index >= 15 is 0 Å². The quantitative estimate of drug-likeness (QED) is 0.842. The highest BCUT2D eigenvalue weighted by molar-refractivity contribution is 6.30. The highest BCUT2D eigenvalue weighted by Gasteiger charge is 2.11. The topological polar surface area (TPSA) is 55.1 Å². The van der Waals surface area contributed by atoms with E-state index in [9.17, 15) is 4.79 Å². The summed E-state index contributed by atoms with van der Waals surface area (Å²) >= 11 is 5.79. The number of rotatable bonds is 4. The third-order valence-corrected chi connectivity index (χ3v) is 2.51. The Balaban J connectivity index is 2.48. The van der Waals surface area contributed by atoms with Crippen molar-refractivity contribution in [3.8, 4) is 0 Å². The predicted molar refractivity (Wildman–Crippen MR) is 66.4 cm³/mol. The van der Waals surface area contributed by atoms with Gasteiger partial charge in [0.15, 0.2) is 0 Å². The lowest BCUT2D eigenvalue weighted by Gasteiger charge is -2.15. The third kappa shape index (κ3) is 4.21. The van der Waals surface area contributed by atoms with Crippen LogP contribution in [0.25, 0.3) is 0 Å². The first-order valence-electron chi connectivity index (χ1n) is 5.29. The predicted octanol–water partition coefficient (Wildman–Crippen LogP) is 1.73. The monoisotopic (exact) mass is 240 g/mol. The fourth-order valence-corrected chi connectivity index (χ4v) is 1.53. The highest BCUT2D eigenvalue weighted by atomic mass is 35.5. The van der Waals surface area contributed by atoms with E-state index < -0.39 is 6.04 Å². The Kier molecular flexibility index (Phi) is 4.77. The molecule has 0 aliphatic heterocycles. The summed E-state index contributed by atoms with van der Waals surface area (Å²) in [6.07, 6.45) is 0.773. The van der Waals surface area contributed by atoms with Gasteiger partial charge >= 0.3 is 0 Å². The highest BCUT2D eigenvalue weighted by Crippen LogP contribution is 2.10. The Bertz CT molecular complexity index is 349. The molecule has 3 N–H and O–H groups in total. The summed E-state index contributed by atoms with van der Waals surface area (Å²) < 4.78 is 0. The standard InChI is InChI=1S/C12H17ClN2O/c1-8(15-12(16)9(2)14)7-10-3-5-11(13)6-4-10/h3-6,8-9H,7,14H2,1-2H3,(H,15,16). The van der Waals surface area contributed by atoms with E-state index in [1.807, 2.05) is 31.2 Å². The fourth-order valence-electron chi connectivity index (χ4n) is 1.40. The van der Waals surface area contributed by atoms with Gasteiger partial charge in [0.25, 0.3) is 0 Å². The fraction of sp³-hybridized carbons (Fsp3) is 0.417. The molecule has 1 aromatic rings. The molecule has 0 fully saturated rings. The molecule has 0 bridgehead atoms. The molecule has 2 unspecified atom stereocenters. The van der Waals surface area contributed by atoms with E-state index in [1.54, 1.807) is 6.92 Å². The van der Waals surface area contributed by atoms with Gasteiger partial charge in [-0.1, -0.05) is 23.7 Å².